The molecule has 1 aliphatic heterocycles. The zero-order valence-corrected chi connectivity index (χ0v) is 11.2. The summed E-state index contributed by atoms with van der Waals surface area (Å²) in [5.41, 5.74) is 2.74. The fraction of sp³-hybridized carbons (Fsp3) is 1.00. The highest BCUT2D eigenvalue weighted by Gasteiger charge is 2.37. The van der Waals surface area contributed by atoms with E-state index in [1.54, 1.807) is 4.31 Å². The van der Waals surface area contributed by atoms with Gasteiger partial charge in [-0.3, -0.25) is 11.3 Å². The van der Waals surface area contributed by atoms with Crippen LogP contribution in [-0.4, -0.2) is 37.1 Å². The molecule has 1 saturated heterocycles. The van der Waals surface area contributed by atoms with Crippen molar-refractivity contribution in [3.63, 3.8) is 0 Å². The SMILES string of the molecule is CC1CCN(S(=O)(=O)C2CCC(NN)CC2)C1. The topological polar surface area (TPSA) is 75.4 Å². The van der Waals surface area contributed by atoms with Crippen molar-refractivity contribution in [2.45, 2.75) is 50.3 Å². The highest BCUT2D eigenvalue weighted by atomic mass is 32.2. The van der Waals surface area contributed by atoms with Gasteiger partial charge in [-0.15, -0.1) is 0 Å². The lowest BCUT2D eigenvalue weighted by atomic mass is 9.96. The van der Waals surface area contributed by atoms with Crippen LogP contribution in [-0.2, 0) is 10.0 Å². The first-order valence-electron chi connectivity index (χ1n) is 6.49. The van der Waals surface area contributed by atoms with Gasteiger partial charge in [-0.25, -0.2) is 12.7 Å². The Labute approximate surface area is 104 Å². The van der Waals surface area contributed by atoms with Crippen LogP contribution in [0.4, 0.5) is 0 Å². The molecule has 2 fully saturated rings. The van der Waals surface area contributed by atoms with Gasteiger partial charge in [-0.1, -0.05) is 6.92 Å². The third-order valence-electron chi connectivity index (χ3n) is 4.08. The molecule has 100 valence electrons. The van der Waals surface area contributed by atoms with Crippen molar-refractivity contribution >= 4 is 10.0 Å². The minimum absolute atomic E-state index is 0.183. The van der Waals surface area contributed by atoms with E-state index in [-0.39, 0.29) is 5.25 Å². The van der Waals surface area contributed by atoms with Crippen LogP contribution in [0.15, 0.2) is 0 Å². The van der Waals surface area contributed by atoms with Crippen LogP contribution in [0.2, 0.25) is 0 Å². The number of hydrazine groups is 1. The van der Waals surface area contributed by atoms with E-state index in [1.165, 1.54) is 0 Å². The molecule has 1 unspecified atom stereocenters. The zero-order chi connectivity index (χ0) is 12.5. The second-order valence-corrected chi connectivity index (χ2v) is 7.65. The summed E-state index contributed by atoms with van der Waals surface area (Å²) in [7, 11) is -3.06. The van der Waals surface area contributed by atoms with Gasteiger partial charge < -0.3 is 0 Å². The molecule has 5 nitrogen and oxygen atoms in total. The summed E-state index contributed by atoms with van der Waals surface area (Å²) < 4.78 is 26.5. The summed E-state index contributed by atoms with van der Waals surface area (Å²) in [6.45, 7) is 3.53. The van der Waals surface area contributed by atoms with Crippen LogP contribution >= 0.6 is 0 Å². The van der Waals surface area contributed by atoms with Crippen molar-refractivity contribution in [2.75, 3.05) is 13.1 Å². The maximum atomic E-state index is 12.4. The molecule has 1 atom stereocenters. The smallest absolute Gasteiger partial charge is 0.216 e. The predicted molar refractivity (Wildman–Crippen MR) is 67.6 cm³/mol. The second-order valence-electron chi connectivity index (χ2n) is 5.44. The molecule has 0 bridgehead atoms. The molecule has 1 aliphatic carbocycles. The van der Waals surface area contributed by atoms with Crippen LogP contribution in [0.25, 0.3) is 0 Å². The van der Waals surface area contributed by atoms with Crippen molar-refractivity contribution in [3.05, 3.63) is 0 Å². The number of nitrogens with one attached hydrogen (secondary N) is 1. The average Bonchev–Trinajstić information content (AvgIpc) is 2.77. The minimum Gasteiger partial charge on any atom is -0.271 e. The predicted octanol–water partition coefficient (Wildman–Crippen LogP) is 0.433. The van der Waals surface area contributed by atoms with Crippen LogP contribution < -0.4 is 11.3 Å². The third-order valence-corrected chi connectivity index (χ3v) is 6.44. The van der Waals surface area contributed by atoms with E-state index >= 15 is 0 Å². The summed E-state index contributed by atoms with van der Waals surface area (Å²) in [6.07, 6.45) is 4.21. The summed E-state index contributed by atoms with van der Waals surface area (Å²) >= 11 is 0. The summed E-state index contributed by atoms with van der Waals surface area (Å²) in [5.74, 6) is 5.89. The molecule has 2 rings (SSSR count). The molecular formula is C11H23N3O2S. The Morgan fingerprint density at radius 1 is 1.18 bits per heavy atom. The van der Waals surface area contributed by atoms with Gasteiger partial charge >= 0.3 is 0 Å². The number of nitrogens with two attached hydrogens (primary N) is 1. The van der Waals surface area contributed by atoms with Gasteiger partial charge in [0.05, 0.1) is 5.25 Å². The van der Waals surface area contributed by atoms with E-state index in [2.05, 4.69) is 12.3 Å². The Balaban J connectivity index is 1.97. The summed E-state index contributed by atoms with van der Waals surface area (Å²) in [6, 6.07) is 0.291. The van der Waals surface area contributed by atoms with Crippen molar-refractivity contribution in [3.8, 4) is 0 Å². The van der Waals surface area contributed by atoms with Crippen molar-refractivity contribution in [1.82, 2.24) is 9.73 Å². The minimum atomic E-state index is -3.06. The highest BCUT2D eigenvalue weighted by Crippen LogP contribution is 2.29. The Morgan fingerprint density at radius 3 is 2.29 bits per heavy atom. The molecule has 1 heterocycles. The molecule has 2 aliphatic rings. The van der Waals surface area contributed by atoms with Crippen LogP contribution in [0.5, 0.6) is 0 Å². The zero-order valence-electron chi connectivity index (χ0n) is 10.4. The van der Waals surface area contributed by atoms with Crippen molar-refractivity contribution in [1.29, 1.82) is 0 Å². The average molecular weight is 261 g/mol. The second kappa shape index (κ2) is 5.22. The number of sulfonamides is 1. The van der Waals surface area contributed by atoms with E-state index in [9.17, 15) is 8.42 Å². The molecule has 0 aromatic carbocycles. The van der Waals surface area contributed by atoms with Gasteiger partial charge in [-0.05, 0) is 38.0 Å². The standard InChI is InChI=1S/C11H23N3O2S/c1-9-6-7-14(8-9)17(15,16)11-4-2-10(13-12)3-5-11/h9-11,13H,2-8,12H2,1H3. The van der Waals surface area contributed by atoms with Crippen molar-refractivity contribution in [2.24, 2.45) is 11.8 Å². The van der Waals surface area contributed by atoms with Crippen LogP contribution in [0.1, 0.15) is 39.0 Å². The summed E-state index contributed by atoms with van der Waals surface area (Å²) in [5, 5.41) is -0.183. The molecule has 0 aromatic heterocycles. The van der Waals surface area contributed by atoms with Crippen LogP contribution in [0.3, 0.4) is 0 Å². The lowest BCUT2D eigenvalue weighted by molar-refractivity contribution is 0.363. The third kappa shape index (κ3) is 2.81. The largest absolute Gasteiger partial charge is 0.271 e. The van der Waals surface area contributed by atoms with Gasteiger partial charge in [0, 0.05) is 19.1 Å². The molecule has 3 N–H and O–H groups in total. The number of hydrogen-bond donors (Lipinski definition) is 2. The van der Waals surface area contributed by atoms with Gasteiger partial charge in [-0.2, -0.15) is 0 Å². The molecule has 17 heavy (non-hydrogen) atoms. The first kappa shape index (κ1) is 13.3. The monoisotopic (exact) mass is 261 g/mol. The molecule has 0 aromatic rings. The lowest BCUT2D eigenvalue weighted by Gasteiger charge is -2.30. The van der Waals surface area contributed by atoms with E-state index in [4.69, 9.17) is 5.84 Å². The van der Waals surface area contributed by atoms with E-state index in [0.29, 0.717) is 25.0 Å². The number of nitrogens with zero attached hydrogens (tertiary/aromatic N) is 1. The van der Waals surface area contributed by atoms with E-state index in [0.717, 1.165) is 32.1 Å². The molecule has 0 radical (unpaired) electrons. The molecule has 1 saturated carbocycles. The van der Waals surface area contributed by atoms with Crippen molar-refractivity contribution < 1.29 is 8.42 Å². The molecule has 0 amide bonds. The maximum absolute atomic E-state index is 12.4. The lowest BCUT2D eigenvalue weighted by Crippen LogP contribution is -2.44. The number of rotatable bonds is 3. The summed E-state index contributed by atoms with van der Waals surface area (Å²) in [4.78, 5) is 0. The Kier molecular flexibility index (Phi) is 4.07. The molecular weight excluding hydrogens is 238 g/mol. The Hall–Kier alpha value is -0.170. The first-order chi connectivity index (χ1) is 8.04. The van der Waals surface area contributed by atoms with Crippen LogP contribution in [0, 0.1) is 5.92 Å². The van der Waals surface area contributed by atoms with Gasteiger partial charge in [0.25, 0.3) is 0 Å². The van der Waals surface area contributed by atoms with E-state index < -0.39 is 10.0 Å². The quantitative estimate of drug-likeness (QED) is 0.571. The molecule has 6 heteroatoms. The fourth-order valence-corrected chi connectivity index (χ4v) is 4.98. The first-order valence-corrected chi connectivity index (χ1v) is 7.99. The number of hydrogen-bond acceptors (Lipinski definition) is 4. The van der Waals surface area contributed by atoms with Gasteiger partial charge in [0.15, 0.2) is 0 Å². The normalized spacial score (nSPS) is 36.2. The Morgan fingerprint density at radius 2 is 1.82 bits per heavy atom. The Bertz CT molecular complexity index is 350. The van der Waals surface area contributed by atoms with E-state index in [1.807, 2.05) is 0 Å². The molecule has 0 spiro atoms. The fourth-order valence-electron chi connectivity index (χ4n) is 2.86. The highest BCUT2D eigenvalue weighted by molar-refractivity contribution is 7.89. The van der Waals surface area contributed by atoms with Gasteiger partial charge in [0.2, 0.25) is 10.0 Å². The van der Waals surface area contributed by atoms with Gasteiger partial charge in [0.1, 0.15) is 0 Å². The maximum Gasteiger partial charge on any atom is 0.216 e.